The number of pyridine rings is 1. The van der Waals surface area contributed by atoms with Gasteiger partial charge in [-0.05, 0) is 42.0 Å². The molecule has 0 fully saturated rings. The molecule has 0 saturated heterocycles. The van der Waals surface area contributed by atoms with Crippen molar-refractivity contribution in [2.75, 3.05) is 0 Å². The molecule has 1 N–H and O–H groups in total. The topological polar surface area (TPSA) is 68.3 Å². The molecule has 0 amide bonds. The zero-order valence-corrected chi connectivity index (χ0v) is 19.0. The first kappa shape index (κ1) is 21.8. The van der Waals surface area contributed by atoms with Crippen molar-refractivity contribution in [3.05, 3.63) is 124 Å². The van der Waals surface area contributed by atoms with Crippen molar-refractivity contribution in [1.29, 1.82) is 0 Å². The molecule has 2 aliphatic rings. The third-order valence-electron chi connectivity index (χ3n) is 6.55. The lowest BCUT2D eigenvalue weighted by atomic mass is 9.72. The van der Waals surface area contributed by atoms with Crippen LogP contribution < -0.4 is 5.32 Å². The van der Waals surface area contributed by atoms with Gasteiger partial charge in [0.2, 0.25) is 0 Å². The van der Waals surface area contributed by atoms with Crippen LogP contribution in [0.3, 0.4) is 0 Å². The summed E-state index contributed by atoms with van der Waals surface area (Å²) in [5, 5.41) is 3.39. The molecule has 5 nitrogen and oxygen atoms in total. The van der Waals surface area contributed by atoms with Crippen LogP contribution >= 0.6 is 0 Å². The Kier molecular flexibility index (Phi) is 6.09. The van der Waals surface area contributed by atoms with Gasteiger partial charge in [0.25, 0.3) is 0 Å². The van der Waals surface area contributed by atoms with E-state index in [0.29, 0.717) is 29.7 Å². The first-order valence-electron chi connectivity index (χ1n) is 11.5. The number of carbonyl (C=O) groups is 2. The van der Waals surface area contributed by atoms with Gasteiger partial charge in [-0.2, -0.15) is 0 Å². The Balaban J connectivity index is 1.50. The van der Waals surface area contributed by atoms with Crippen molar-refractivity contribution in [1.82, 2.24) is 10.3 Å². The van der Waals surface area contributed by atoms with Crippen LogP contribution in [0.2, 0.25) is 0 Å². The lowest BCUT2D eigenvalue weighted by Crippen LogP contribution is -2.36. The Morgan fingerprint density at radius 1 is 0.971 bits per heavy atom. The van der Waals surface area contributed by atoms with E-state index >= 15 is 0 Å². The Morgan fingerprint density at radius 2 is 1.68 bits per heavy atom. The number of esters is 1. The molecule has 3 aromatic rings. The van der Waals surface area contributed by atoms with E-state index < -0.39 is 11.9 Å². The molecule has 0 bridgehead atoms. The molecule has 5 heteroatoms. The predicted molar refractivity (Wildman–Crippen MR) is 130 cm³/mol. The van der Waals surface area contributed by atoms with Crippen LogP contribution in [0.25, 0.3) is 0 Å². The number of carbonyl (C=O) groups excluding carboxylic acids is 2. The third-order valence-corrected chi connectivity index (χ3v) is 6.55. The zero-order valence-electron chi connectivity index (χ0n) is 19.0. The average Bonchev–Trinajstić information content (AvgIpc) is 2.88. The Hall–Kier alpha value is -3.99. The van der Waals surface area contributed by atoms with Gasteiger partial charge in [0, 0.05) is 41.7 Å². The smallest absolute Gasteiger partial charge is 0.337 e. The number of aromatic nitrogens is 1. The monoisotopic (exact) mass is 450 g/mol. The molecular formula is C29H26N2O3. The second-order valence-corrected chi connectivity index (χ2v) is 8.78. The quantitative estimate of drug-likeness (QED) is 0.542. The van der Waals surface area contributed by atoms with Crippen LogP contribution in [0.15, 0.2) is 108 Å². The van der Waals surface area contributed by atoms with E-state index in [1.54, 1.807) is 12.4 Å². The number of Topliss-reactive ketones (excluding diaryl/α,β-unsaturated/α-hetero) is 1. The minimum atomic E-state index is -0.502. The summed E-state index contributed by atoms with van der Waals surface area (Å²) in [6, 6.07) is 23.5. The van der Waals surface area contributed by atoms with Gasteiger partial charge in [0.15, 0.2) is 5.78 Å². The van der Waals surface area contributed by atoms with Crippen LogP contribution in [0.4, 0.5) is 0 Å². The lowest BCUT2D eigenvalue weighted by molar-refractivity contribution is -0.140. The standard InChI is InChI=1S/C29H26N2O3/c1-19-26(29(33)34-18-20-9-4-2-5-10-20)27(22-13-8-14-30-17-22)28-24(31-19)15-23(16-25(28)32)21-11-6-3-7-12-21/h2-14,17,23,27,31H,15-16,18H2,1H3/t23-,27+/m1/s1. The van der Waals surface area contributed by atoms with Crippen molar-refractivity contribution in [3.63, 3.8) is 0 Å². The number of nitrogens with zero attached hydrogens (tertiary/aromatic N) is 1. The fourth-order valence-corrected chi connectivity index (χ4v) is 4.95. The fourth-order valence-electron chi connectivity index (χ4n) is 4.95. The maximum absolute atomic E-state index is 13.6. The number of hydrogen-bond acceptors (Lipinski definition) is 5. The van der Waals surface area contributed by atoms with E-state index in [-0.39, 0.29) is 18.3 Å². The molecular weight excluding hydrogens is 424 g/mol. The largest absolute Gasteiger partial charge is 0.457 e. The van der Waals surface area contributed by atoms with Crippen LogP contribution in [-0.4, -0.2) is 16.7 Å². The normalized spacial score (nSPS) is 20.0. The molecule has 0 unspecified atom stereocenters. The molecule has 2 heterocycles. The summed E-state index contributed by atoms with van der Waals surface area (Å²) in [6.45, 7) is 2.05. The molecule has 1 aliphatic carbocycles. The number of benzene rings is 2. The van der Waals surface area contributed by atoms with Gasteiger partial charge in [-0.25, -0.2) is 4.79 Å². The minimum absolute atomic E-state index is 0.0531. The number of rotatable bonds is 5. The summed E-state index contributed by atoms with van der Waals surface area (Å²) in [7, 11) is 0. The van der Waals surface area contributed by atoms with Crippen molar-refractivity contribution in [2.24, 2.45) is 0 Å². The summed E-state index contributed by atoms with van der Waals surface area (Å²) in [6.07, 6.45) is 4.55. The van der Waals surface area contributed by atoms with Crippen molar-refractivity contribution in [2.45, 2.75) is 38.2 Å². The Bertz CT molecular complexity index is 1260. The SMILES string of the molecule is CC1=C(C(=O)OCc2ccccc2)[C@H](c2cccnc2)C2=C(C[C@@H](c3ccccc3)CC2=O)N1. The molecule has 34 heavy (non-hydrogen) atoms. The Labute approximate surface area is 199 Å². The number of dihydropyridines is 1. The van der Waals surface area contributed by atoms with E-state index in [1.807, 2.05) is 67.6 Å². The van der Waals surface area contributed by atoms with Gasteiger partial charge in [-0.15, -0.1) is 0 Å². The second-order valence-electron chi connectivity index (χ2n) is 8.78. The first-order valence-corrected chi connectivity index (χ1v) is 11.5. The highest BCUT2D eigenvalue weighted by Gasteiger charge is 2.41. The van der Waals surface area contributed by atoms with Crippen LogP contribution in [0.5, 0.6) is 0 Å². The molecule has 1 aliphatic heterocycles. The van der Waals surface area contributed by atoms with E-state index in [9.17, 15) is 9.59 Å². The van der Waals surface area contributed by atoms with Gasteiger partial charge < -0.3 is 10.1 Å². The van der Waals surface area contributed by atoms with E-state index in [4.69, 9.17) is 4.74 Å². The highest BCUT2D eigenvalue weighted by atomic mass is 16.5. The summed E-state index contributed by atoms with van der Waals surface area (Å²) < 4.78 is 5.70. The zero-order chi connectivity index (χ0) is 23.5. The van der Waals surface area contributed by atoms with Crippen molar-refractivity contribution in [3.8, 4) is 0 Å². The third kappa shape index (κ3) is 4.29. The number of allylic oxidation sites excluding steroid dienone is 3. The Morgan fingerprint density at radius 3 is 2.38 bits per heavy atom. The van der Waals surface area contributed by atoms with E-state index in [0.717, 1.165) is 22.4 Å². The summed E-state index contributed by atoms with van der Waals surface area (Å²) >= 11 is 0. The van der Waals surface area contributed by atoms with Crippen molar-refractivity contribution < 1.29 is 14.3 Å². The van der Waals surface area contributed by atoms with Gasteiger partial charge in [-0.1, -0.05) is 66.7 Å². The molecule has 0 spiro atoms. The summed E-state index contributed by atoms with van der Waals surface area (Å²) in [5.74, 6) is -0.768. The fraction of sp³-hybridized carbons (Fsp3) is 0.207. The highest BCUT2D eigenvalue weighted by molar-refractivity contribution is 6.04. The van der Waals surface area contributed by atoms with Crippen LogP contribution in [-0.2, 0) is 20.9 Å². The van der Waals surface area contributed by atoms with Crippen molar-refractivity contribution >= 4 is 11.8 Å². The van der Waals surface area contributed by atoms with Crippen LogP contribution in [0, 0.1) is 0 Å². The average molecular weight is 451 g/mol. The van der Waals surface area contributed by atoms with E-state index in [1.165, 1.54) is 0 Å². The number of ether oxygens (including phenoxy) is 1. The van der Waals surface area contributed by atoms with Gasteiger partial charge >= 0.3 is 5.97 Å². The number of nitrogens with one attached hydrogen (secondary N) is 1. The van der Waals surface area contributed by atoms with Gasteiger partial charge in [0.1, 0.15) is 6.61 Å². The summed E-state index contributed by atoms with van der Waals surface area (Å²) in [4.78, 5) is 31.2. The molecule has 0 saturated carbocycles. The molecule has 2 atom stereocenters. The molecule has 1 aromatic heterocycles. The molecule has 0 radical (unpaired) electrons. The molecule has 5 rings (SSSR count). The summed E-state index contributed by atoms with van der Waals surface area (Å²) in [5.41, 5.74) is 5.59. The second kappa shape index (κ2) is 9.48. The van der Waals surface area contributed by atoms with E-state index in [2.05, 4.69) is 22.4 Å². The first-order chi connectivity index (χ1) is 16.6. The minimum Gasteiger partial charge on any atom is -0.457 e. The molecule has 170 valence electrons. The number of hydrogen-bond donors (Lipinski definition) is 1. The lowest BCUT2D eigenvalue weighted by Gasteiger charge is -2.36. The maximum Gasteiger partial charge on any atom is 0.337 e. The highest BCUT2D eigenvalue weighted by Crippen LogP contribution is 2.45. The maximum atomic E-state index is 13.6. The van der Waals surface area contributed by atoms with Gasteiger partial charge in [0.05, 0.1) is 5.57 Å². The predicted octanol–water partition coefficient (Wildman–Crippen LogP) is 5.19. The number of ketones is 1. The van der Waals surface area contributed by atoms with Gasteiger partial charge in [-0.3, -0.25) is 9.78 Å². The van der Waals surface area contributed by atoms with Crippen LogP contribution in [0.1, 0.15) is 48.3 Å². The molecule has 2 aromatic carbocycles.